The Bertz CT molecular complexity index is 296. The van der Waals surface area contributed by atoms with Crippen LogP contribution in [0.1, 0.15) is 6.92 Å². The molecule has 0 aromatic carbocycles. The molecule has 23 heavy (non-hydrogen) atoms. The second-order valence-electron chi connectivity index (χ2n) is 7.28. The van der Waals surface area contributed by atoms with Crippen LogP contribution in [0.5, 0.6) is 0 Å². The van der Waals surface area contributed by atoms with Crippen molar-refractivity contribution in [1.29, 1.82) is 0 Å². The molecule has 0 aliphatic heterocycles. The van der Waals surface area contributed by atoms with Gasteiger partial charge in [-0.3, -0.25) is 0 Å². The lowest BCUT2D eigenvalue weighted by atomic mass is 10.9. The van der Waals surface area contributed by atoms with Gasteiger partial charge in [0.2, 0.25) is 8.32 Å². The average Bonchev–Trinajstić information content (AvgIpc) is 2.47. The lowest BCUT2D eigenvalue weighted by Crippen LogP contribution is -2.42. The van der Waals surface area contributed by atoms with Gasteiger partial charge in [0.05, 0.1) is 0 Å². The van der Waals surface area contributed by atoms with E-state index in [9.17, 15) is 0 Å². The second kappa shape index (κ2) is 11.8. The highest BCUT2D eigenvalue weighted by Gasteiger charge is 2.31. The third-order valence-corrected chi connectivity index (χ3v) is 18.7. The van der Waals surface area contributed by atoms with Gasteiger partial charge in [0, 0.05) is 31.1 Å². The highest BCUT2D eigenvalue weighted by atomic mass is 32.2. The van der Waals surface area contributed by atoms with Gasteiger partial charge in [0.25, 0.3) is 0 Å². The number of hydrogen-bond donors (Lipinski definition) is 0. The third kappa shape index (κ3) is 10.7. The van der Waals surface area contributed by atoms with Crippen molar-refractivity contribution in [2.45, 2.75) is 51.2 Å². The minimum Gasteiger partial charge on any atom is -0.419 e. The zero-order valence-corrected chi connectivity index (χ0v) is 21.1. The summed E-state index contributed by atoms with van der Waals surface area (Å²) >= 11 is 3.81. The summed E-state index contributed by atoms with van der Waals surface area (Å²) in [6.07, 6.45) is 4.34. The van der Waals surface area contributed by atoms with E-state index in [1.165, 1.54) is 11.4 Å². The van der Waals surface area contributed by atoms with Crippen molar-refractivity contribution in [3.8, 4) is 0 Å². The highest BCUT2D eigenvalue weighted by molar-refractivity contribution is 8.00. The summed E-state index contributed by atoms with van der Waals surface area (Å²) in [5, 5.41) is 2.34. The maximum atomic E-state index is 6.32. The first kappa shape index (κ1) is 24.2. The van der Waals surface area contributed by atoms with Gasteiger partial charge >= 0.3 is 0 Å². The third-order valence-electron chi connectivity index (χ3n) is 4.42. The average molecular weight is 415 g/mol. The number of thioether (sulfide) groups is 2. The van der Waals surface area contributed by atoms with Crippen molar-refractivity contribution in [3.05, 3.63) is 0 Å². The predicted octanol–water partition coefficient (Wildman–Crippen LogP) is 4.85. The van der Waals surface area contributed by atoms with Crippen molar-refractivity contribution in [2.75, 3.05) is 43.6 Å². The van der Waals surface area contributed by atoms with E-state index in [0.29, 0.717) is 0 Å². The molecule has 2 unspecified atom stereocenters. The van der Waals surface area contributed by atoms with E-state index in [1.807, 2.05) is 30.6 Å². The molecule has 0 rings (SSSR count). The van der Waals surface area contributed by atoms with Gasteiger partial charge in [-0.15, -0.1) is 0 Å². The molecule has 0 aliphatic rings. The van der Waals surface area contributed by atoms with Crippen LogP contribution in [-0.4, -0.2) is 68.5 Å². The summed E-state index contributed by atoms with van der Waals surface area (Å²) in [5.74, 6) is 0. The molecule has 140 valence electrons. The van der Waals surface area contributed by atoms with Crippen LogP contribution in [0.25, 0.3) is 0 Å². The number of rotatable bonds is 14. The molecule has 0 saturated heterocycles. The van der Waals surface area contributed by atoms with E-state index in [-0.39, 0.29) is 0 Å². The summed E-state index contributed by atoms with van der Waals surface area (Å²) in [7, 11) is -2.82. The van der Waals surface area contributed by atoms with Gasteiger partial charge in [-0.2, -0.15) is 23.5 Å². The van der Waals surface area contributed by atoms with Crippen molar-refractivity contribution in [1.82, 2.24) is 0 Å². The fourth-order valence-corrected chi connectivity index (χ4v) is 12.7. The largest absolute Gasteiger partial charge is 0.419 e. The van der Waals surface area contributed by atoms with Crippen molar-refractivity contribution in [3.63, 3.8) is 0 Å². The molecule has 0 amide bonds. The maximum absolute atomic E-state index is 6.32. The molecule has 0 spiro atoms. The van der Waals surface area contributed by atoms with Gasteiger partial charge in [-0.1, -0.05) is 6.92 Å². The minimum atomic E-state index is -1.62. The minimum absolute atomic E-state index is 0.851. The molecule has 0 bridgehead atoms. The van der Waals surface area contributed by atoms with E-state index in [1.54, 1.807) is 0 Å². The molecule has 0 aliphatic carbocycles. The van der Waals surface area contributed by atoms with E-state index < -0.39 is 25.0 Å². The molecular formula is C15H38O3S2Si3. The summed E-state index contributed by atoms with van der Waals surface area (Å²) in [6.45, 7) is 13.3. The van der Waals surface area contributed by atoms with Crippen LogP contribution in [0, 0.1) is 0 Å². The Hall–Kier alpha value is 1.23. The molecule has 8 heteroatoms. The lowest BCUT2D eigenvalue weighted by Gasteiger charge is -2.30. The molecular weight excluding hydrogens is 377 g/mol. The Morgan fingerprint density at radius 3 is 1.78 bits per heavy atom. The van der Waals surface area contributed by atoms with Crippen LogP contribution in [0.15, 0.2) is 0 Å². The Balaban J connectivity index is 4.19. The van der Waals surface area contributed by atoms with E-state index in [0.717, 1.165) is 30.7 Å². The second-order valence-corrected chi connectivity index (χ2v) is 22.8. The van der Waals surface area contributed by atoms with Gasteiger partial charge < -0.3 is 13.3 Å². The quantitative estimate of drug-likeness (QED) is 0.379. The molecule has 0 aromatic heterocycles. The standard InChI is InChI=1S/C15H38O3S2Si3/c1-9-22(7,14-19-3)18-10-12-21(5,6)17-11-13-23(8,16-2)15-20-4/h9-15H2,1-8H3. The zero-order chi connectivity index (χ0) is 18.0. The van der Waals surface area contributed by atoms with Crippen molar-refractivity contribution >= 4 is 48.5 Å². The SMILES string of the molecule is CC[Si](C)(CSC)OCC[Si](C)(C)OCC[Si](C)(CSC)OC. The first-order valence-electron chi connectivity index (χ1n) is 8.47. The Morgan fingerprint density at radius 2 is 1.30 bits per heavy atom. The predicted molar refractivity (Wildman–Crippen MR) is 116 cm³/mol. The van der Waals surface area contributed by atoms with Crippen LogP contribution in [-0.2, 0) is 13.3 Å². The molecule has 0 N–H and O–H groups in total. The van der Waals surface area contributed by atoms with Crippen LogP contribution < -0.4 is 0 Å². The first-order valence-corrected chi connectivity index (χ1v) is 20.0. The number of hydrogen-bond acceptors (Lipinski definition) is 5. The van der Waals surface area contributed by atoms with Crippen LogP contribution in [0.2, 0.25) is 44.3 Å². The van der Waals surface area contributed by atoms with Gasteiger partial charge in [-0.25, -0.2) is 0 Å². The lowest BCUT2D eigenvalue weighted by molar-refractivity contribution is 0.288. The van der Waals surface area contributed by atoms with Crippen LogP contribution >= 0.6 is 23.5 Å². The fraction of sp³-hybridized carbons (Fsp3) is 1.00. The Morgan fingerprint density at radius 1 is 0.783 bits per heavy atom. The molecule has 0 heterocycles. The molecule has 0 saturated carbocycles. The topological polar surface area (TPSA) is 27.7 Å². The fourth-order valence-electron chi connectivity index (χ4n) is 2.25. The maximum Gasteiger partial charge on any atom is 0.201 e. The molecule has 3 nitrogen and oxygen atoms in total. The van der Waals surface area contributed by atoms with Crippen molar-refractivity contribution in [2.24, 2.45) is 0 Å². The van der Waals surface area contributed by atoms with E-state index in [4.69, 9.17) is 13.3 Å². The van der Waals surface area contributed by atoms with Gasteiger partial charge in [0.1, 0.15) is 0 Å². The first-order chi connectivity index (χ1) is 10.7. The highest BCUT2D eigenvalue weighted by Crippen LogP contribution is 2.21. The summed E-state index contributed by atoms with van der Waals surface area (Å²) in [4.78, 5) is 0. The van der Waals surface area contributed by atoms with Crippen molar-refractivity contribution < 1.29 is 13.3 Å². The molecule has 2 atom stereocenters. The van der Waals surface area contributed by atoms with Gasteiger partial charge in [-0.05, 0) is 56.8 Å². The monoisotopic (exact) mass is 414 g/mol. The molecule has 0 aromatic rings. The van der Waals surface area contributed by atoms with E-state index >= 15 is 0 Å². The van der Waals surface area contributed by atoms with Crippen LogP contribution in [0.3, 0.4) is 0 Å². The Labute approximate surface area is 156 Å². The van der Waals surface area contributed by atoms with Crippen LogP contribution in [0.4, 0.5) is 0 Å². The molecule has 0 fully saturated rings. The van der Waals surface area contributed by atoms with E-state index in [2.05, 4.69) is 45.6 Å². The summed E-state index contributed by atoms with van der Waals surface area (Å²) in [6, 6.07) is 3.39. The normalized spacial score (nSPS) is 17.7. The molecule has 0 radical (unpaired) electrons. The Kier molecular flexibility index (Phi) is 12.4. The summed E-state index contributed by atoms with van der Waals surface area (Å²) in [5.41, 5.74) is 0. The zero-order valence-electron chi connectivity index (χ0n) is 16.5. The summed E-state index contributed by atoms with van der Waals surface area (Å²) < 4.78 is 18.4. The van der Waals surface area contributed by atoms with Gasteiger partial charge in [0.15, 0.2) is 16.6 Å². The smallest absolute Gasteiger partial charge is 0.201 e.